The molecule has 0 aromatic heterocycles. The maximum absolute atomic E-state index is 13.9. The zero-order valence-electron chi connectivity index (χ0n) is 25.7. The predicted molar refractivity (Wildman–Crippen MR) is 153 cm³/mol. The first kappa shape index (κ1) is 33.4. The molecule has 0 spiro atoms. The van der Waals surface area contributed by atoms with E-state index in [4.69, 9.17) is 10.3 Å². The molecule has 1 aliphatic heterocycles. The number of ether oxygens (including phenoxy) is 1. The minimum atomic E-state index is -0.889. The molecule has 3 amide bonds. The van der Waals surface area contributed by atoms with Crippen molar-refractivity contribution in [3.05, 3.63) is 10.4 Å². The predicted octanol–water partition coefficient (Wildman–Crippen LogP) is 5.23. The smallest absolute Gasteiger partial charge is 0.410 e. The monoisotopic (exact) mass is 562 g/mol. The zero-order chi connectivity index (χ0) is 30.3. The summed E-state index contributed by atoms with van der Waals surface area (Å²) in [5.74, 6) is -0.461. The number of likely N-dealkylation sites (tertiary alicyclic amines) is 1. The molecule has 0 bridgehead atoms. The molecule has 0 aromatic carbocycles. The lowest BCUT2D eigenvalue weighted by molar-refractivity contribution is -0.144. The molecule has 2 fully saturated rings. The number of carbonyl (C=O) groups excluding carboxylic acids is 4. The molecule has 11 nitrogen and oxygen atoms in total. The summed E-state index contributed by atoms with van der Waals surface area (Å²) in [7, 11) is 1.49. The standard InChI is InChI=1S/C29H50N6O5/c1-19(34(8)27(39)40-29(5,6)7)25(37)32-24(28(2,3)4)26(38)35-16-12-15-22(35)23(36)17-21(18-31-33-30)20-13-10-9-11-14-20/h19-22,24H,9-18H2,1-8H3,(H,32,37)/t19-,21+,22-,24+/m0/s1. The first-order valence-electron chi connectivity index (χ1n) is 14.7. The largest absolute Gasteiger partial charge is 0.444 e. The molecular formula is C29H50N6O5. The number of likely N-dealkylation sites (N-methyl/N-ethyl adjacent to an activating group) is 1. The van der Waals surface area contributed by atoms with Gasteiger partial charge in [-0.2, -0.15) is 0 Å². The number of hydrogen-bond donors (Lipinski definition) is 1. The number of hydrogen-bond acceptors (Lipinski definition) is 6. The molecule has 2 aliphatic rings. The van der Waals surface area contributed by atoms with Crippen molar-refractivity contribution in [2.75, 3.05) is 20.1 Å². The van der Waals surface area contributed by atoms with Gasteiger partial charge in [0, 0.05) is 31.5 Å². The van der Waals surface area contributed by atoms with E-state index in [2.05, 4.69) is 15.3 Å². The van der Waals surface area contributed by atoms with E-state index in [1.165, 1.54) is 18.4 Å². The minimum absolute atomic E-state index is 0.00780. The Morgan fingerprint density at radius 3 is 2.23 bits per heavy atom. The van der Waals surface area contributed by atoms with Crippen molar-refractivity contribution in [1.29, 1.82) is 0 Å². The van der Waals surface area contributed by atoms with E-state index in [1.807, 2.05) is 20.8 Å². The Labute approximate surface area is 239 Å². The van der Waals surface area contributed by atoms with Crippen LogP contribution in [-0.2, 0) is 19.1 Å². The highest BCUT2D eigenvalue weighted by atomic mass is 16.6. The Bertz CT molecular complexity index is 959. The van der Waals surface area contributed by atoms with Gasteiger partial charge in [-0.3, -0.25) is 19.3 Å². The molecule has 1 heterocycles. The molecule has 40 heavy (non-hydrogen) atoms. The fourth-order valence-corrected chi connectivity index (χ4v) is 5.63. The van der Waals surface area contributed by atoms with Gasteiger partial charge in [0.05, 0.1) is 6.04 Å². The van der Waals surface area contributed by atoms with E-state index in [0.717, 1.165) is 25.7 Å². The lowest BCUT2D eigenvalue weighted by Crippen LogP contribution is -2.59. The van der Waals surface area contributed by atoms with Crippen LogP contribution >= 0.6 is 0 Å². The van der Waals surface area contributed by atoms with Crippen LogP contribution < -0.4 is 5.32 Å². The molecule has 11 heteroatoms. The van der Waals surface area contributed by atoms with Gasteiger partial charge < -0.3 is 15.0 Å². The lowest BCUT2D eigenvalue weighted by Gasteiger charge is -2.37. The average Bonchev–Trinajstić information content (AvgIpc) is 3.37. The maximum atomic E-state index is 13.9. The van der Waals surface area contributed by atoms with Gasteiger partial charge in [-0.1, -0.05) is 58.0 Å². The average molecular weight is 563 g/mol. The van der Waals surface area contributed by atoms with Crippen LogP contribution in [0.25, 0.3) is 10.4 Å². The first-order chi connectivity index (χ1) is 18.6. The molecule has 1 saturated carbocycles. The van der Waals surface area contributed by atoms with Gasteiger partial charge in [0.15, 0.2) is 5.78 Å². The Hall–Kier alpha value is -2.81. The molecule has 1 saturated heterocycles. The van der Waals surface area contributed by atoms with E-state index in [1.54, 1.807) is 32.6 Å². The molecule has 1 aliphatic carbocycles. The van der Waals surface area contributed by atoms with Gasteiger partial charge in [0.25, 0.3) is 0 Å². The third-order valence-electron chi connectivity index (χ3n) is 8.11. The van der Waals surface area contributed by atoms with Crippen LogP contribution in [0.3, 0.4) is 0 Å². The topological polar surface area (TPSA) is 145 Å². The highest BCUT2D eigenvalue weighted by molar-refractivity contribution is 5.95. The quantitative estimate of drug-likeness (QED) is 0.220. The van der Waals surface area contributed by atoms with E-state index < -0.39 is 41.1 Å². The van der Waals surface area contributed by atoms with E-state index in [-0.39, 0.29) is 30.6 Å². The summed E-state index contributed by atoms with van der Waals surface area (Å²) in [6.45, 7) is 13.2. The van der Waals surface area contributed by atoms with Gasteiger partial charge in [0.2, 0.25) is 11.8 Å². The van der Waals surface area contributed by atoms with Crippen LogP contribution in [0.5, 0.6) is 0 Å². The number of ketones is 1. The summed E-state index contributed by atoms with van der Waals surface area (Å²) in [6, 6.07) is -2.33. The third kappa shape index (κ3) is 9.39. The fourth-order valence-electron chi connectivity index (χ4n) is 5.63. The normalized spacial score (nSPS) is 20.6. The molecule has 2 rings (SSSR count). The van der Waals surface area contributed by atoms with Crippen LogP contribution in [0, 0.1) is 17.3 Å². The SMILES string of the molecule is C[C@@H](C(=O)N[C@H](C(=O)N1CCC[C@H]1C(=O)C[C@H](CN=[N+]=[N-])C1CCCCC1)C(C)(C)C)N(C)C(=O)OC(C)(C)C. The Kier molecular flexibility index (Phi) is 11.9. The number of carbonyl (C=O) groups is 4. The van der Waals surface area contributed by atoms with Crippen LogP contribution in [0.2, 0.25) is 0 Å². The van der Waals surface area contributed by atoms with Crippen LogP contribution in [0.1, 0.15) is 99.8 Å². The molecule has 1 N–H and O–H groups in total. The number of azide groups is 1. The number of Topliss-reactive ketones (excluding diaryl/α,β-unsaturated/α-hetero) is 1. The van der Waals surface area contributed by atoms with Gasteiger partial charge in [-0.05, 0) is 63.3 Å². The minimum Gasteiger partial charge on any atom is -0.444 e. The molecule has 0 radical (unpaired) electrons. The Morgan fingerprint density at radius 2 is 1.68 bits per heavy atom. The maximum Gasteiger partial charge on any atom is 0.410 e. The number of amides is 3. The second-order valence-corrected chi connectivity index (χ2v) is 13.5. The highest BCUT2D eigenvalue weighted by Crippen LogP contribution is 2.34. The summed E-state index contributed by atoms with van der Waals surface area (Å²) in [6.07, 6.45) is 6.41. The summed E-state index contributed by atoms with van der Waals surface area (Å²) in [5.41, 5.74) is 7.55. The fraction of sp³-hybridized carbons (Fsp3) is 0.862. The van der Waals surface area contributed by atoms with E-state index in [9.17, 15) is 19.2 Å². The van der Waals surface area contributed by atoms with Gasteiger partial charge in [-0.15, -0.1) is 0 Å². The molecule has 226 valence electrons. The number of rotatable bonds is 10. The van der Waals surface area contributed by atoms with Crippen molar-refractivity contribution in [3.63, 3.8) is 0 Å². The second kappa shape index (κ2) is 14.2. The zero-order valence-corrected chi connectivity index (χ0v) is 25.7. The van der Waals surface area contributed by atoms with Crippen molar-refractivity contribution in [2.24, 2.45) is 22.4 Å². The Morgan fingerprint density at radius 1 is 1.05 bits per heavy atom. The van der Waals surface area contributed by atoms with Crippen molar-refractivity contribution in [2.45, 2.75) is 124 Å². The second-order valence-electron chi connectivity index (χ2n) is 13.5. The van der Waals surface area contributed by atoms with Crippen LogP contribution in [-0.4, -0.2) is 77.4 Å². The van der Waals surface area contributed by atoms with E-state index >= 15 is 0 Å². The Balaban J connectivity index is 2.16. The van der Waals surface area contributed by atoms with Gasteiger partial charge >= 0.3 is 6.09 Å². The van der Waals surface area contributed by atoms with Crippen molar-refractivity contribution < 1.29 is 23.9 Å². The lowest BCUT2D eigenvalue weighted by atomic mass is 9.77. The highest BCUT2D eigenvalue weighted by Gasteiger charge is 2.43. The van der Waals surface area contributed by atoms with Crippen molar-refractivity contribution >= 4 is 23.7 Å². The molecule has 0 aromatic rings. The summed E-state index contributed by atoms with van der Waals surface area (Å²) >= 11 is 0. The van der Waals surface area contributed by atoms with Crippen molar-refractivity contribution in [3.8, 4) is 0 Å². The summed E-state index contributed by atoms with van der Waals surface area (Å²) < 4.78 is 5.38. The summed E-state index contributed by atoms with van der Waals surface area (Å²) in [5, 5.41) is 6.67. The molecule has 4 atom stereocenters. The number of nitrogens with zero attached hydrogens (tertiary/aromatic N) is 5. The van der Waals surface area contributed by atoms with Gasteiger partial charge in [-0.25, -0.2) is 4.79 Å². The third-order valence-corrected chi connectivity index (χ3v) is 8.11. The molecular weight excluding hydrogens is 512 g/mol. The first-order valence-corrected chi connectivity index (χ1v) is 14.7. The van der Waals surface area contributed by atoms with Crippen LogP contribution in [0.15, 0.2) is 5.11 Å². The molecule has 0 unspecified atom stereocenters. The van der Waals surface area contributed by atoms with Gasteiger partial charge in [0.1, 0.15) is 17.7 Å². The van der Waals surface area contributed by atoms with E-state index in [0.29, 0.717) is 25.3 Å². The number of nitrogens with one attached hydrogen (secondary N) is 1. The summed E-state index contributed by atoms with van der Waals surface area (Å²) in [4.78, 5) is 59.0. The van der Waals surface area contributed by atoms with Crippen LogP contribution in [0.4, 0.5) is 4.79 Å². The van der Waals surface area contributed by atoms with Crippen molar-refractivity contribution in [1.82, 2.24) is 15.1 Å².